The largest absolute Gasteiger partial charge is 0.481 e. The van der Waals surface area contributed by atoms with Crippen molar-refractivity contribution in [2.45, 2.75) is 19.3 Å². The van der Waals surface area contributed by atoms with Gasteiger partial charge in [-0.25, -0.2) is 0 Å². The Hall–Kier alpha value is -1.35. The van der Waals surface area contributed by atoms with Gasteiger partial charge in [0.15, 0.2) is 0 Å². The predicted octanol–water partition coefficient (Wildman–Crippen LogP) is 3.48. The molecule has 1 aromatic heterocycles. The molecule has 0 aliphatic heterocycles. The Morgan fingerprint density at radius 1 is 1.47 bits per heavy atom. The van der Waals surface area contributed by atoms with Crippen LogP contribution in [-0.4, -0.2) is 11.1 Å². The van der Waals surface area contributed by atoms with E-state index in [0.717, 1.165) is 5.56 Å². The van der Waals surface area contributed by atoms with Crippen molar-refractivity contribution in [3.05, 3.63) is 35.2 Å². The molecule has 0 saturated heterocycles. The summed E-state index contributed by atoms with van der Waals surface area (Å²) in [4.78, 5) is 10.6. The standard InChI is InChI=1S/C12H12O2S/c1-8(6-12(13)14)10-7-15-11-5-3-2-4-9(10)11/h2-5,7-8H,6H2,1H3,(H,13,14). The number of aliphatic carboxylic acids is 1. The molecular weight excluding hydrogens is 208 g/mol. The molecule has 0 spiro atoms. The van der Waals surface area contributed by atoms with Gasteiger partial charge >= 0.3 is 5.97 Å². The van der Waals surface area contributed by atoms with E-state index in [1.807, 2.05) is 19.1 Å². The van der Waals surface area contributed by atoms with Gasteiger partial charge in [0, 0.05) is 4.70 Å². The average molecular weight is 220 g/mol. The summed E-state index contributed by atoms with van der Waals surface area (Å²) in [6.07, 6.45) is 0.195. The molecule has 0 aliphatic rings. The first-order valence-corrected chi connectivity index (χ1v) is 5.74. The molecule has 1 atom stereocenters. The zero-order valence-corrected chi connectivity index (χ0v) is 9.25. The van der Waals surface area contributed by atoms with E-state index in [2.05, 4.69) is 17.5 Å². The van der Waals surface area contributed by atoms with Crippen LogP contribution in [0.2, 0.25) is 0 Å². The Morgan fingerprint density at radius 2 is 2.20 bits per heavy atom. The number of fused-ring (bicyclic) bond motifs is 1. The van der Waals surface area contributed by atoms with E-state index in [0.29, 0.717) is 0 Å². The minimum Gasteiger partial charge on any atom is -0.481 e. The minimum absolute atomic E-state index is 0.0821. The number of carbonyl (C=O) groups is 1. The molecule has 0 saturated carbocycles. The number of thiophene rings is 1. The van der Waals surface area contributed by atoms with Crippen LogP contribution in [0.1, 0.15) is 24.8 Å². The quantitative estimate of drug-likeness (QED) is 0.859. The van der Waals surface area contributed by atoms with Gasteiger partial charge < -0.3 is 5.11 Å². The van der Waals surface area contributed by atoms with Crippen LogP contribution >= 0.6 is 11.3 Å². The molecule has 1 N–H and O–H groups in total. The summed E-state index contributed by atoms with van der Waals surface area (Å²) >= 11 is 1.68. The van der Waals surface area contributed by atoms with Crippen LogP contribution in [0.3, 0.4) is 0 Å². The lowest BCUT2D eigenvalue weighted by atomic mass is 9.97. The molecule has 2 aromatic rings. The lowest BCUT2D eigenvalue weighted by Gasteiger charge is -2.06. The highest BCUT2D eigenvalue weighted by atomic mass is 32.1. The van der Waals surface area contributed by atoms with Gasteiger partial charge in [-0.2, -0.15) is 0 Å². The molecule has 2 nitrogen and oxygen atoms in total. The van der Waals surface area contributed by atoms with Crippen molar-refractivity contribution in [2.24, 2.45) is 0 Å². The van der Waals surface area contributed by atoms with Crippen LogP contribution in [0.15, 0.2) is 29.6 Å². The van der Waals surface area contributed by atoms with Crippen molar-refractivity contribution in [1.82, 2.24) is 0 Å². The zero-order chi connectivity index (χ0) is 10.8. The highest BCUT2D eigenvalue weighted by molar-refractivity contribution is 7.17. The summed E-state index contributed by atoms with van der Waals surface area (Å²) in [5.41, 5.74) is 1.15. The third-order valence-electron chi connectivity index (χ3n) is 2.52. The van der Waals surface area contributed by atoms with E-state index < -0.39 is 5.97 Å². The maximum atomic E-state index is 10.6. The second kappa shape index (κ2) is 4.03. The predicted molar refractivity (Wildman–Crippen MR) is 62.5 cm³/mol. The third kappa shape index (κ3) is 2.02. The van der Waals surface area contributed by atoms with E-state index in [1.54, 1.807) is 11.3 Å². The van der Waals surface area contributed by atoms with Crippen LogP contribution in [-0.2, 0) is 4.79 Å². The molecule has 0 aliphatic carbocycles. The highest BCUT2D eigenvalue weighted by Gasteiger charge is 2.13. The van der Waals surface area contributed by atoms with Gasteiger partial charge in [0.05, 0.1) is 6.42 Å². The Kier molecular flexibility index (Phi) is 2.73. The number of hydrogen-bond acceptors (Lipinski definition) is 2. The molecular formula is C12H12O2S. The van der Waals surface area contributed by atoms with Gasteiger partial charge in [0.25, 0.3) is 0 Å². The number of carboxylic acids is 1. The van der Waals surface area contributed by atoms with Crippen LogP contribution in [0, 0.1) is 0 Å². The fourth-order valence-electron chi connectivity index (χ4n) is 1.75. The normalized spacial score (nSPS) is 12.9. The van der Waals surface area contributed by atoms with Gasteiger partial charge in [0.2, 0.25) is 0 Å². The lowest BCUT2D eigenvalue weighted by molar-refractivity contribution is -0.137. The fraction of sp³-hybridized carbons (Fsp3) is 0.250. The maximum Gasteiger partial charge on any atom is 0.303 e. The molecule has 1 heterocycles. The second-order valence-electron chi connectivity index (χ2n) is 3.69. The zero-order valence-electron chi connectivity index (χ0n) is 8.43. The van der Waals surface area contributed by atoms with Gasteiger partial charge in [-0.3, -0.25) is 4.79 Å². The van der Waals surface area contributed by atoms with Gasteiger partial charge in [-0.05, 0) is 28.3 Å². The van der Waals surface area contributed by atoms with Crippen molar-refractivity contribution in [3.8, 4) is 0 Å². The number of hydrogen-bond donors (Lipinski definition) is 1. The molecule has 3 heteroatoms. The topological polar surface area (TPSA) is 37.3 Å². The summed E-state index contributed by atoms with van der Waals surface area (Å²) in [6.45, 7) is 1.96. The maximum absolute atomic E-state index is 10.6. The Bertz CT molecular complexity index is 487. The second-order valence-corrected chi connectivity index (χ2v) is 4.60. The molecule has 1 unspecified atom stereocenters. The van der Waals surface area contributed by atoms with Crippen molar-refractivity contribution in [2.75, 3.05) is 0 Å². The summed E-state index contributed by atoms with van der Waals surface area (Å²) in [5.74, 6) is -0.656. The van der Waals surface area contributed by atoms with E-state index in [1.165, 1.54) is 10.1 Å². The molecule has 0 bridgehead atoms. The molecule has 0 amide bonds. The molecule has 0 radical (unpaired) electrons. The van der Waals surface area contributed by atoms with E-state index >= 15 is 0 Å². The Balaban J connectivity index is 2.39. The summed E-state index contributed by atoms with van der Waals surface area (Å²) in [7, 11) is 0. The van der Waals surface area contributed by atoms with E-state index in [4.69, 9.17) is 5.11 Å². The number of rotatable bonds is 3. The highest BCUT2D eigenvalue weighted by Crippen LogP contribution is 2.32. The third-order valence-corrected chi connectivity index (χ3v) is 3.50. The summed E-state index contributed by atoms with van der Waals surface area (Å²) in [6, 6.07) is 8.12. The van der Waals surface area contributed by atoms with Crippen LogP contribution in [0.4, 0.5) is 0 Å². The van der Waals surface area contributed by atoms with Crippen LogP contribution < -0.4 is 0 Å². The van der Waals surface area contributed by atoms with Crippen molar-refractivity contribution in [1.29, 1.82) is 0 Å². The molecule has 78 valence electrons. The first-order valence-electron chi connectivity index (χ1n) is 4.86. The number of carboxylic acid groups (broad SMARTS) is 1. The minimum atomic E-state index is -0.738. The van der Waals surface area contributed by atoms with Gasteiger partial charge in [-0.15, -0.1) is 11.3 Å². The Labute approximate surface area is 92.2 Å². The molecule has 0 fully saturated rings. The van der Waals surface area contributed by atoms with Gasteiger partial charge in [0.1, 0.15) is 0 Å². The van der Waals surface area contributed by atoms with Crippen molar-refractivity contribution < 1.29 is 9.90 Å². The van der Waals surface area contributed by atoms with Gasteiger partial charge in [-0.1, -0.05) is 25.1 Å². The van der Waals surface area contributed by atoms with E-state index in [9.17, 15) is 4.79 Å². The number of benzene rings is 1. The van der Waals surface area contributed by atoms with Crippen LogP contribution in [0.5, 0.6) is 0 Å². The fourth-order valence-corrected chi connectivity index (χ4v) is 2.84. The van der Waals surface area contributed by atoms with E-state index in [-0.39, 0.29) is 12.3 Å². The molecule has 1 aromatic carbocycles. The average Bonchev–Trinajstić information content (AvgIpc) is 2.59. The first kappa shape index (κ1) is 10.2. The smallest absolute Gasteiger partial charge is 0.303 e. The lowest BCUT2D eigenvalue weighted by Crippen LogP contribution is -2.01. The summed E-state index contributed by atoms with van der Waals surface area (Å²) < 4.78 is 1.23. The first-order chi connectivity index (χ1) is 7.18. The monoisotopic (exact) mass is 220 g/mol. The Morgan fingerprint density at radius 3 is 2.93 bits per heavy atom. The summed E-state index contributed by atoms with van der Waals surface area (Å²) in [5, 5.41) is 12.0. The van der Waals surface area contributed by atoms with Crippen LogP contribution in [0.25, 0.3) is 10.1 Å². The SMILES string of the molecule is CC(CC(=O)O)c1csc2ccccc12. The molecule has 15 heavy (non-hydrogen) atoms. The molecule has 2 rings (SSSR count). The van der Waals surface area contributed by atoms with Crippen molar-refractivity contribution in [3.63, 3.8) is 0 Å². The van der Waals surface area contributed by atoms with Crippen molar-refractivity contribution >= 4 is 27.4 Å².